The maximum Gasteiger partial charge on any atom is 0.573 e. The lowest BCUT2D eigenvalue weighted by molar-refractivity contribution is -0.274. The van der Waals surface area contributed by atoms with Crippen molar-refractivity contribution in [1.82, 2.24) is 20.2 Å². The van der Waals surface area contributed by atoms with E-state index in [2.05, 4.69) is 25.6 Å². The third-order valence-corrected chi connectivity index (χ3v) is 4.75. The van der Waals surface area contributed by atoms with E-state index in [1.54, 1.807) is 31.2 Å². The van der Waals surface area contributed by atoms with Crippen LogP contribution in [0, 0.1) is 11.3 Å². The Balaban J connectivity index is 1.71. The second-order valence-corrected chi connectivity index (χ2v) is 7.13. The first-order valence-electron chi connectivity index (χ1n) is 8.38. The summed E-state index contributed by atoms with van der Waals surface area (Å²) < 4.78 is 42.0. The number of para-hydroxylation sites is 1. The first-order valence-corrected chi connectivity index (χ1v) is 9.26. The molecule has 3 rings (SSSR count). The van der Waals surface area contributed by atoms with Crippen molar-refractivity contribution in [3.8, 4) is 17.5 Å². The van der Waals surface area contributed by atoms with Crippen LogP contribution in [0.4, 0.5) is 18.9 Å². The molecule has 0 spiro atoms. The van der Waals surface area contributed by atoms with Crippen LogP contribution in [0.2, 0.25) is 0 Å². The fraction of sp³-hybridized carbons (Fsp3) is 0.167. The number of alkyl halides is 3. The Hall–Kier alpha value is -3.59. The number of rotatable bonds is 6. The van der Waals surface area contributed by atoms with Crippen molar-refractivity contribution >= 4 is 23.4 Å². The minimum atomic E-state index is -4.79. The van der Waals surface area contributed by atoms with Gasteiger partial charge in [-0.25, -0.2) is 0 Å². The van der Waals surface area contributed by atoms with Crippen molar-refractivity contribution in [3.05, 3.63) is 54.1 Å². The summed E-state index contributed by atoms with van der Waals surface area (Å²) >= 11 is 1.05. The first-order chi connectivity index (χ1) is 14.3. The number of hydrogen-bond donors (Lipinski definition) is 1. The molecule has 0 saturated carbocycles. The van der Waals surface area contributed by atoms with E-state index in [1.165, 1.54) is 16.8 Å². The van der Waals surface area contributed by atoms with Crippen molar-refractivity contribution in [2.75, 3.05) is 5.32 Å². The molecule has 2 aromatic carbocycles. The standard InChI is InChI=1S/C18H13F3N6O2S/c1-11(16(28)23-15-5-3-2-4-12(15)10-22)30-17-24-25-26-27(17)13-6-8-14(9-7-13)29-18(19,20)21/h2-9,11H,1H3,(H,23,28). The Morgan fingerprint density at radius 1 is 1.23 bits per heavy atom. The summed E-state index contributed by atoms with van der Waals surface area (Å²) in [4.78, 5) is 12.5. The zero-order valence-electron chi connectivity index (χ0n) is 15.3. The molecule has 0 aliphatic heterocycles. The van der Waals surface area contributed by atoms with Crippen LogP contribution >= 0.6 is 11.8 Å². The number of nitrogens with one attached hydrogen (secondary N) is 1. The summed E-state index contributed by atoms with van der Waals surface area (Å²) in [5.41, 5.74) is 1.10. The summed E-state index contributed by atoms with van der Waals surface area (Å²) in [6, 6.07) is 13.6. The third kappa shape index (κ3) is 5.26. The van der Waals surface area contributed by atoms with Crippen LogP contribution in [-0.4, -0.2) is 37.7 Å². The minimum Gasteiger partial charge on any atom is -0.406 e. The van der Waals surface area contributed by atoms with E-state index >= 15 is 0 Å². The molecule has 0 saturated heterocycles. The van der Waals surface area contributed by atoms with Gasteiger partial charge >= 0.3 is 6.36 Å². The minimum absolute atomic E-state index is 0.260. The molecule has 0 aliphatic carbocycles. The van der Waals surface area contributed by atoms with E-state index in [-0.39, 0.29) is 16.8 Å². The van der Waals surface area contributed by atoms with Crippen LogP contribution in [0.1, 0.15) is 12.5 Å². The quantitative estimate of drug-likeness (QED) is 0.592. The average molecular weight is 434 g/mol. The van der Waals surface area contributed by atoms with E-state index in [9.17, 15) is 18.0 Å². The molecule has 1 aromatic heterocycles. The monoisotopic (exact) mass is 434 g/mol. The molecule has 154 valence electrons. The number of tetrazole rings is 1. The second kappa shape index (κ2) is 8.83. The summed E-state index contributed by atoms with van der Waals surface area (Å²) in [5, 5.41) is 22.7. The third-order valence-electron chi connectivity index (χ3n) is 3.71. The molecule has 1 unspecified atom stereocenters. The van der Waals surface area contributed by atoms with Gasteiger partial charge in [0.15, 0.2) is 0 Å². The van der Waals surface area contributed by atoms with E-state index in [0.29, 0.717) is 16.9 Å². The maximum absolute atomic E-state index is 12.5. The number of aromatic nitrogens is 4. The highest BCUT2D eigenvalue weighted by atomic mass is 32.2. The summed E-state index contributed by atoms with van der Waals surface area (Å²) in [6.07, 6.45) is -4.79. The number of benzene rings is 2. The van der Waals surface area contributed by atoms with Gasteiger partial charge in [-0.2, -0.15) is 9.94 Å². The largest absolute Gasteiger partial charge is 0.573 e. The van der Waals surface area contributed by atoms with Crippen LogP contribution in [0.5, 0.6) is 5.75 Å². The van der Waals surface area contributed by atoms with Crippen molar-refractivity contribution < 1.29 is 22.7 Å². The van der Waals surface area contributed by atoms with Gasteiger partial charge in [-0.15, -0.1) is 18.3 Å². The van der Waals surface area contributed by atoms with Crippen LogP contribution < -0.4 is 10.1 Å². The number of amides is 1. The number of thioether (sulfide) groups is 1. The smallest absolute Gasteiger partial charge is 0.406 e. The van der Waals surface area contributed by atoms with Gasteiger partial charge in [0, 0.05) is 0 Å². The summed E-state index contributed by atoms with van der Waals surface area (Å²) in [7, 11) is 0. The van der Waals surface area contributed by atoms with Gasteiger partial charge in [0.1, 0.15) is 11.8 Å². The summed E-state index contributed by atoms with van der Waals surface area (Å²) in [5.74, 6) is -0.747. The van der Waals surface area contributed by atoms with Crippen molar-refractivity contribution in [2.45, 2.75) is 23.7 Å². The lowest BCUT2D eigenvalue weighted by atomic mass is 10.2. The number of anilines is 1. The van der Waals surface area contributed by atoms with Gasteiger partial charge in [-0.3, -0.25) is 4.79 Å². The normalized spacial score (nSPS) is 12.1. The van der Waals surface area contributed by atoms with Gasteiger partial charge in [0.25, 0.3) is 0 Å². The van der Waals surface area contributed by atoms with Gasteiger partial charge in [0.05, 0.1) is 22.2 Å². The molecule has 8 nitrogen and oxygen atoms in total. The van der Waals surface area contributed by atoms with E-state index in [4.69, 9.17) is 5.26 Å². The Labute approximate surface area is 172 Å². The molecule has 1 N–H and O–H groups in total. The molecule has 0 aliphatic rings. The number of hydrogen-bond acceptors (Lipinski definition) is 7. The number of ether oxygens (including phenoxy) is 1. The van der Waals surface area contributed by atoms with Crippen molar-refractivity contribution in [3.63, 3.8) is 0 Å². The number of nitrogens with zero attached hydrogens (tertiary/aromatic N) is 5. The van der Waals surface area contributed by atoms with E-state index in [0.717, 1.165) is 23.9 Å². The van der Waals surface area contributed by atoms with Gasteiger partial charge < -0.3 is 10.1 Å². The first kappa shape index (κ1) is 21.1. The Morgan fingerprint density at radius 3 is 2.60 bits per heavy atom. The van der Waals surface area contributed by atoms with Crippen LogP contribution in [0.3, 0.4) is 0 Å². The van der Waals surface area contributed by atoms with Crippen LogP contribution in [0.25, 0.3) is 5.69 Å². The predicted octanol–water partition coefficient (Wildman–Crippen LogP) is 3.55. The highest BCUT2D eigenvalue weighted by Gasteiger charge is 2.31. The molecule has 1 heterocycles. The van der Waals surface area contributed by atoms with Crippen molar-refractivity contribution in [1.29, 1.82) is 5.26 Å². The van der Waals surface area contributed by atoms with Gasteiger partial charge in [-0.1, -0.05) is 23.9 Å². The molecule has 1 amide bonds. The number of carbonyl (C=O) groups is 1. The van der Waals surface area contributed by atoms with Gasteiger partial charge in [-0.05, 0) is 53.7 Å². The highest BCUT2D eigenvalue weighted by Crippen LogP contribution is 2.27. The fourth-order valence-corrected chi connectivity index (χ4v) is 3.15. The molecule has 12 heteroatoms. The number of halogens is 3. The molecule has 3 aromatic rings. The Morgan fingerprint density at radius 2 is 1.93 bits per heavy atom. The predicted molar refractivity (Wildman–Crippen MR) is 101 cm³/mol. The molecule has 0 fully saturated rings. The summed E-state index contributed by atoms with van der Waals surface area (Å²) in [6.45, 7) is 1.63. The molecular weight excluding hydrogens is 421 g/mol. The molecule has 0 radical (unpaired) electrons. The maximum atomic E-state index is 12.5. The SMILES string of the molecule is CC(Sc1nnnn1-c1ccc(OC(F)(F)F)cc1)C(=O)Nc1ccccc1C#N. The zero-order valence-corrected chi connectivity index (χ0v) is 16.1. The van der Waals surface area contributed by atoms with Crippen LogP contribution in [-0.2, 0) is 4.79 Å². The molecular formula is C18H13F3N6O2S. The Bertz CT molecular complexity index is 1080. The molecule has 0 bridgehead atoms. The highest BCUT2D eigenvalue weighted by molar-refractivity contribution is 8.00. The lowest BCUT2D eigenvalue weighted by Crippen LogP contribution is -2.23. The molecule has 30 heavy (non-hydrogen) atoms. The van der Waals surface area contributed by atoms with Crippen LogP contribution in [0.15, 0.2) is 53.7 Å². The van der Waals surface area contributed by atoms with E-state index in [1.807, 2.05) is 6.07 Å². The number of nitriles is 1. The fourth-order valence-electron chi connectivity index (χ4n) is 2.34. The van der Waals surface area contributed by atoms with E-state index < -0.39 is 11.6 Å². The van der Waals surface area contributed by atoms with Crippen molar-refractivity contribution in [2.24, 2.45) is 0 Å². The van der Waals surface area contributed by atoms with Gasteiger partial charge in [0.2, 0.25) is 11.1 Å². The average Bonchev–Trinajstić information content (AvgIpc) is 3.15. The topological polar surface area (TPSA) is 106 Å². The zero-order chi connectivity index (χ0) is 21.7. The molecule has 1 atom stereocenters. The lowest BCUT2D eigenvalue weighted by Gasteiger charge is -2.13. The number of carbonyl (C=O) groups excluding carboxylic acids is 1. The Kier molecular flexibility index (Phi) is 6.22. The second-order valence-electron chi connectivity index (χ2n) is 5.82.